The molecule has 2 aliphatic rings. The van der Waals surface area contributed by atoms with Crippen LogP contribution in [0.5, 0.6) is 0 Å². The van der Waals surface area contributed by atoms with Crippen molar-refractivity contribution >= 4 is 84.8 Å². The van der Waals surface area contributed by atoms with Crippen LogP contribution in [0.4, 0.5) is 5.69 Å². The van der Waals surface area contributed by atoms with Gasteiger partial charge in [-0.05, 0) is 42.5 Å². The first-order chi connectivity index (χ1) is 13.8. The lowest BCUT2D eigenvalue weighted by Crippen LogP contribution is -2.45. The molecule has 1 N–H and O–H groups in total. The number of hydrazine groups is 1. The van der Waals surface area contributed by atoms with Gasteiger partial charge in [0.1, 0.15) is 0 Å². The number of fused-ring (bicyclic) bond motifs is 1. The minimum Gasteiger partial charge on any atom is -0.311 e. The number of carbonyl (C=O) groups is 3. The fourth-order valence-corrected chi connectivity index (χ4v) is 4.87. The second kappa shape index (κ2) is 7.56. The summed E-state index contributed by atoms with van der Waals surface area (Å²) < 4.78 is 0.899. The van der Waals surface area contributed by atoms with E-state index in [4.69, 9.17) is 23.8 Å². The maximum absolute atomic E-state index is 13.0. The molecule has 10 heteroatoms. The molecule has 0 unspecified atom stereocenters. The summed E-state index contributed by atoms with van der Waals surface area (Å²) in [7, 11) is 1.64. The minimum atomic E-state index is -0.573. The van der Waals surface area contributed by atoms with E-state index < -0.39 is 11.8 Å². The SMILES string of the molecule is CN1C(=O)C(=C2SC(=S)N(NC(=O)c3ccccc3Cl)C2=O)c2cc(Br)ccc21. The standard InChI is InChI=1S/C19H11BrClN3O3S2/c1-23-13-7-6-9(20)8-11(13)14(17(23)26)15-18(27)24(19(28)29-15)22-16(25)10-4-2-3-5-12(10)21/h2-8H,1H3,(H,22,25). The molecule has 2 aromatic carbocycles. The van der Waals surface area contributed by atoms with E-state index in [-0.39, 0.29) is 31.3 Å². The highest BCUT2D eigenvalue weighted by atomic mass is 79.9. The minimum absolute atomic E-state index is 0.122. The van der Waals surface area contributed by atoms with Gasteiger partial charge in [0.2, 0.25) is 0 Å². The molecule has 0 aliphatic carbocycles. The molecule has 0 atom stereocenters. The van der Waals surface area contributed by atoms with Gasteiger partial charge in [0.05, 0.1) is 26.8 Å². The third kappa shape index (κ3) is 3.38. The number of hydrogen-bond donors (Lipinski definition) is 1. The molecule has 0 aromatic heterocycles. The van der Waals surface area contributed by atoms with Crippen LogP contribution in [-0.2, 0) is 9.59 Å². The summed E-state index contributed by atoms with van der Waals surface area (Å²) in [5.74, 6) is -1.45. The first-order valence-corrected chi connectivity index (χ1v) is 10.6. The molecule has 29 heavy (non-hydrogen) atoms. The Hall–Kier alpha value is -2.20. The Morgan fingerprint density at radius 2 is 1.90 bits per heavy atom. The van der Waals surface area contributed by atoms with Crippen LogP contribution >= 0.6 is 51.5 Å². The van der Waals surface area contributed by atoms with Crippen molar-refractivity contribution in [3.63, 3.8) is 0 Å². The molecule has 6 nitrogen and oxygen atoms in total. The largest absolute Gasteiger partial charge is 0.311 e. The number of likely N-dealkylation sites (N-methyl/N-ethyl adjacent to an activating group) is 1. The number of nitrogens with one attached hydrogen (secondary N) is 1. The Balaban J connectivity index is 1.71. The van der Waals surface area contributed by atoms with E-state index in [2.05, 4.69) is 21.4 Å². The zero-order valence-electron chi connectivity index (χ0n) is 14.7. The van der Waals surface area contributed by atoms with Crippen LogP contribution in [0.25, 0.3) is 5.57 Å². The Kier molecular flexibility index (Phi) is 5.24. The van der Waals surface area contributed by atoms with E-state index in [0.717, 1.165) is 21.2 Å². The zero-order valence-corrected chi connectivity index (χ0v) is 18.7. The van der Waals surface area contributed by atoms with Crippen LogP contribution < -0.4 is 10.3 Å². The van der Waals surface area contributed by atoms with Crippen molar-refractivity contribution in [1.82, 2.24) is 10.4 Å². The number of rotatable bonds is 2. The summed E-state index contributed by atoms with van der Waals surface area (Å²) in [6, 6.07) is 11.9. The fourth-order valence-electron chi connectivity index (χ4n) is 3.04. The van der Waals surface area contributed by atoms with Crippen molar-refractivity contribution in [2.75, 3.05) is 11.9 Å². The first kappa shape index (κ1) is 20.1. The number of amides is 3. The summed E-state index contributed by atoms with van der Waals surface area (Å²) in [5, 5.41) is 1.22. The van der Waals surface area contributed by atoms with Crippen molar-refractivity contribution in [2.24, 2.45) is 0 Å². The van der Waals surface area contributed by atoms with E-state index in [1.54, 1.807) is 37.4 Å². The normalized spacial score (nSPS) is 18.5. The number of nitrogens with zero attached hydrogens (tertiary/aromatic N) is 2. The van der Waals surface area contributed by atoms with Gasteiger partial charge < -0.3 is 4.90 Å². The highest BCUT2D eigenvalue weighted by Crippen LogP contribution is 2.44. The Labute approximate surface area is 189 Å². The third-order valence-electron chi connectivity index (χ3n) is 4.44. The Bertz CT molecular complexity index is 1150. The number of thioether (sulfide) groups is 1. The van der Waals surface area contributed by atoms with E-state index in [9.17, 15) is 14.4 Å². The summed E-state index contributed by atoms with van der Waals surface area (Å²) in [6.45, 7) is 0. The molecule has 0 spiro atoms. The highest BCUT2D eigenvalue weighted by molar-refractivity contribution is 9.10. The quantitative estimate of drug-likeness (QED) is 0.491. The molecule has 1 saturated heterocycles. The molecule has 0 bridgehead atoms. The lowest BCUT2D eigenvalue weighted by atomic mass is 10.1. The second-order valence-corrected chi connectivity index (χ2v) is 9.13. The van der Waals surface area contributed by atoms with E-state index >= 15 is 0 Å². The third-order valence-corrected chi connectivity index (χ3v) is 6.63. The van der Waals surface area contributed by atoms with Gasteiger partial charge >= 0.3 is 0 Å². The van der Waals surface area contributed by atoms with Crippen LogP contribution in [-0.4, -0.2) is 34.1 Å². The average Bonchev–Trinajstić information content (AvgIpc) is 3.09. The van der Waals surface area contributed by atoms with Gasteiger partial charge in [0, 0.05) is 17.1 Å². The van der Waals surface area contributed by atoms with Crippen LogP contribution in [0.3, 0.4) is 0 Å². The zero-order chi connectivity index (χ0) is 20.9. The smallest absolute Gasteiger partial charge is 0.286 e. The maximum atomic E-state index is 13.0. The van der Waals surface area contributed by atoms with Crippen LogP contribution in [0.1, 0.15) is 15.9 Å². The van der Waals surface area contributed by atoms with E-state index in [1.165, 1.54) is 11.0 Å². The molecule has 4 rings (SSSR count). The predicted octanol–water partition coefficient (Wildman–Crippen LogP) is 4.00. The molecule has 2 aliphatic heterocycles. The van der Waals surface area contributed by atoms with E-state index in [1.807, 2.05) is 6.07 Å². The van der Waals surface area contributed by atoms with Gasteiger partial charge in [-0.2, -0.15) is 5.01 Å². The predicted molar refractivity (Wildman–Crippen MR) is 120 cm³/mol. The van der Waals surface area contributed by atoms with Crippen molar-refractivity contribution in [3.05, 3.63) is 68.0 Å². The Morgan fingerprint density at radius 1 is 1.17 bits per heavy atom. The maximum Gasteiger partial charge on any atom is 0.286 e. The van der Waals surface area contributed by atoms with Crippen LogP contribution in [0.15, 0.2) is 51.8 Å². The molecule has 0 radical (unpaired) electrons. The van der Waals surface area contributed by atoms with Gasteiger partial charge in [-0.15, -0.1) is 0 Å². The molecule has 1 fully saturated rings. The molecular weight excluding hydrogens is 498 g/mol. The molecular formula is C19H11BrClN3O3S2. The number of anilines is 1. The van der Waals surface area contributed by atoms with Crippen LogP contribution in [0, 0.1) is 0 Å². The second-order valence-electron chi connectivity index (χ2n) is 6.16. The number of benzene rings is 2. The van der Waals surface area contributed by atoms with Crippen molar-refractivity contribution < 1.29 is 14.4 Å². The number of halogens is 2. The molecule has 0 saturated carbocycles. The van der Waals surface area contributed by atoms with E-state index in [0.29, 0.717) is 11.3 Å². The summed E-state index contributed by atoms with van der Waals surface area (Å²) >= 11 is 15.7. The van der Waals surface area contributed by atoms with Gasteiger partial charge in [-0.1, -0.05) is 51.4 Å². The van der Waals surface area contributed by atoms with Crippen molar-refractivity contribution in [1.29, 1.82) is 0 Å². The monoisotopic (exact) mass is 507 g/mol. The number of thiocarbonyl (C=S) groups is 1. The van der Waals surface area contributed by atoms with Gasteiger partial charge in [0.15, 0.2) is 4.32 Å². The molecule has 3 amide bonds. The topological polar surface area (TPSA) is 69.7 Å². The van der Waals surface area contributed by atoms with Crippen molar-refractivity contribution in [3.8, 4) is 0 Å². The van der Waals surface area contributed by atoms with Gasteiger partial charge in [0.25, 0.3) is 17.7 Å². The van der Waals surface area contributed by atoms with Gasteiger partial charge in [-0.3, -0.25) is 19.8 Å². The molecule has 146 valence electrons. The summed E-state index contributed by atoms with van der Waals surface area (Å²) in [6.07, 6.45) is 0. The Morgan fingerprint density at radius 3 is 2.62 bits per heavy atom. The lowest BCUT2D eigenvalue weighted by molar-refractivity contribution is -0.124. The highest BCUT2D eigenvalue weighted by Gasteiger charge is 2.42. The lowest BCUT2D eigenvalue weighted by Gasteiger charge is -2.16. The average molecular weight is 509 g/mol. The summed E-state index contributed by atoms with van der Waals surface area (Å²) in [4.78, 5) is 40.1. The van der Waals surface area contributed by atoms with Crippen molar-refractivity contribution in [2.45, 2.75) is 0 Å². The fraction of sp³-hybridized carbons (Fsp3) is 0.0526. The molecule has 2 aromatic rings. The van der Waals surface area contributed by atoms with Crippen LogP contribution in [0.2, 0.25) is 5.02 Å². The summed E-state index contributed by atoms with van der Waals surface area (Å²) in [5.41, 5.74) is 4.27. The number of carbonyl (C=O) groups excluding carboxylic acids is 3. The molecule has 2 heterocycles. The number of hydrogen-bond acceptors (Lipinski definition) is 5. The first-order valence-electron chi connectivity index (χ1n) is 8.23. The van der Waals surface area contributed by atoms with Gasteiger partial charge in [-0.25, -0.2) is 0 Å².